The van der Waals surface area contributed by atoms with Gasteiger partial charge in [0.15, 0.2) is 0 Å². The highest BCUT2D eigenvalue weighted by Crippen LogP contribution is 2.13. The van der Waals surface area contributed by atoms with Crippen LogP contribution in [-0.2, 0) is 0 Å². The number of aryl methyl sites for hydroxylation is 1. The molecule has 0 radical (unpaired) electrons. The maximum absolute atomic E-state index is 8.11. The Balaban J connectivity index is 0.000000686. The molecule has 0 aromatic heterocycles. The molecule has 0 amide bonds. The normalized spacial score (nSPS) is 9.12. The van der Waals surface area contributed by atoms with Gasteiger partial charge in [-0.25, -0.2) is 0 Å². The minimum absolute atomic E-state index is 0.591. The zero-order chi connectivity index (χ0) is 12.7. The number of nitrogens with one attached hydrogen (secondary N) is 1. The lowest BCUT2D eigenvalue weighted by molar-refractivity contribution is 1.39. The summed E-state index contributed by atoms with van der Waals surface area (Å²) in [6.07, 6.45) is 0. The average molecular weight is 225 g/mol. The Morgan fingerprint density at radius 3 is 1.94 bits per heavy atom. The van der Waals surface area contributed by atoms with E-state index in [1.807, 2.05) is 75.4 Å². The van der Waals surface area contributed by atoms with Gasteiger partial charge >= 0.3 is 0 Å². The summed E-state index contributed by atoms with van der Waals surface area (Å²) in [5.41, 5.74) is 3.70. The van der Waals surface area contributed by atoms with Gasteiger partial charge in [-0.05, 0) is 12.5 Å². The summed E-state index contributed by atoms with van der Waals surface area (Å²) in [7, 11) is 0. The zero-order valence-corrected chi connectivity index (χ0v) is 10.7. The first-order chi connectivity index (χ1) is 8.29. The van der Waals surface area contributed by atoms with E-state index in [2.05, 4.69) is 0 Å². The smallest absolute Gasteiger partial charge is 0.0687 e. The van der Waals surface area contributed by atoms with Gasteiger partial charge in [0, 0.05) is 11.1 Å². The first-order valence-corrected chi connectivity index (χ1v) is 5.99. The number of benzene rings is 2. The first kappa shape index (κ1) is 13.2. The van der Waals surface area contributed by atoms with Gasteiger partial charge in [-0.2, -0.15) is 0 Å². The average Bonchev–Trinajstić information content (AvgIpc) is 2.42. The Labute approximate surface area is 104 Å². The largest absolute Gasteiger partial charge is 0.300 e. The van der Waals surface area contributed by atoms with Crippen LogP contribution in [0.2, 0.25) is 0 Å². The molecule has 88 valence electrons. The summed E-state index contributed by atoms with van der Waals surface area (Å²) in [4.78, 5) is 0. The first-order valence-electron chi connectivity index (χ1n) is 5.99. The molecule has 2 rings (SSSR count). The summed E-state index contributed by atoms with van der Waals surface area (Å²) < 4.78 is 0. The van der Waals surface area contributed by atoms with E-state index in [-0.39, 0.29) is 0 Å². The summed E-state index contributed by atoms with van der Waals surface area (Å²) in [5, 5.41) is 8.11. The van der Waals surface area contributed by atoms with Crippen LogP contribution < -0.4 is 0 Å². The van der Waals surface area contributed by atoms with Crippen LogP contribution in [-0.4, -0.2) is 5.71 Å². The molecule has 1 N–H and O–H groups in total. The fourth-order valence-electron chi connectivity index (χ4n) is 1.61. The maximum Gasteiger partial charge on any atom is 0.0687 e. The highest BCUT2D eigenvalue weighted by atomic mass is 14.4. The van der Waals surface area contributed by atoms with Crippen molar-refractivity contribution in [3.63, 3.8) is 0 Å². The lowest BCUT2D eigenvalue weighted by atomic mass is 9.99. The van der Waals surface area contributed by atoms with E-state index < -0.39 is 0 Å². The molecule has 0 spiro atoms. The van der Waals surface area contributed by atoms with E-state index >= 15 is 0 Å². The summed E-state index contributed by atoms with van der Waals surface area (Å²) >= 11 is 0. The second-order valence-corrected chi connectivity index (χ2v) is 3.56. The molecule has 2 aromatic carbocycles. The van der Waals surface area contributed by atoms with Crippen LogP contribution in [0.5, 0.6) is 0 Å². The van der Waals surface area contributed by atoms with E-state index in [4.69, 9.17) is 5.41 Å². The molecule has 0 aliphatic rings. The minimum Gasteiger partial charge on any atom is -0.300 e. The quantitative estimate of drug-likeness (QED) is 0.731. The van der Waals surface area contributed by atoms with E-state index in [9.17, 15) is 0 Å². The number of hydrogen-bond acceptors (Lipinski definition) is 1. The van der Waals surface area contributed by atoms with Crippen LogP contribution in [0.3, 0.4) is 0 Å². The van der Waals surface area contributed by atoms with Gasteiger partial charge < -0.3 is 0 Å². The van der Waals surface area contributed by atoms with Crippen molar-refractivity contribution in [2.45, 2.75) is 20.8 Å². The molecule has 0 aliphatic heterocycles. The van der Waals surface area contributed by atoms with Crippen molar-refractivity contribution in [2.24, 2.45) is 0 Å². The lowest BCUT2D eigenvalue weighted by Gasteiger charge is -2.07. The van der Waals surface area contributed by atoms with Gasteiger partial charge in [0.2, 0.25) is 0 Å². The van der Waals surface area contributed by atoms with E-state index in [1.165, 1.54) is 0 Å². The second-order valence-electron chi connectivity index (χ2n) is 3.56. The fraction of sp³-hybridized carbons (Fsp3) is 0.188. The van der Waals surface area contributed by atoms with Gasteiger partial charge in [0.05, 0.1) is 5.71 Å². The van der Waals surface area contributed by atoms with Gasteiger partial charge in [-0.15, -0.1) is 0 Å². The molecule has 17 heavy (non-hydrogen) atoms. The van der Waals surface area contributed by atoms with Crippen molar-refractivity contribution in [2.75, 3.05) is 0 Å². The third-order valence-corrected chi connectivity index (χ3v) is 2.48. The monoisotopic (exact) mass is 225 g/mol. The third kappa shape index (κ3) is 3.28. The van der Waals surface area contributed by atoms with Crippen molar-refractivity contribution in [3.05, 3.63) is 71.3 Å². The molecule has 0 saturated heterocycles. The number of hydrogen-bond donors (Lipinski definition) is 1. The summed E-state index contributed by atoms with van der Waals surface area (Å²) in [6.45, 7) is 6.03. The SMILES string of the molecule is CC.Cc1ccccc1C(=N)c1ccccc1. The number of rotatable bonds is 2. The highest BCUT2D eigenvalue weighted by molar-refractivity contribution is 6.11. The van der Waals surface area contributed by atoms with Crippen molar-refractivity contribution in [3.8, 4) is 0 Å². The summed E-state index contributed by atoms with van der Waals surface area (Å²) in [6, 6.07) is 17.8. The molecule has 0 aliphatic carbocycles. The van der Waals surface area contributed by atoms with Gasteiger partial charge in [-0.1, -0.05) is 68.4 Å². The molecule has 0 heterocycles. The van der Waals surface area contributed by atoms with E-state index in [0.717, 1.165) is 16.7 Å². The van der Waals surface area contributed by atoms with Crippen molar-refractivity contribution in [1.82, 2.24) is 0 Å². The van der Waals surface area contributed by atoms with Crippen LogP contribution in [0.25, 0.3) is 0 Å². The fourth-order valence-corrected chi connectivity index (χ4v) is 1.61. The molecule has 1 nitrogen and oxygen atoms in total. The van der Waals surface area contributed by atoms with E-state index in [0.29, 0.717) is 5.71 Å². The van der Waals surface area contributed by atoms with Crippen LogP contribution in [0.15, 0.2) is 54.6 Å². The van der Waals surface area contributed by atoms with Gasteiger partial charge in [0.25, 0.3) is 0 Å². The standard InChI is InChI=1S/C14H13N.C2H6/c1-11-7-5-6-10-13(11)14(15)12-8-3-2-4-9-12;1-2/h2-10,15H,1H3;1-2H3. The predicted molar refractivity (Wildman–Crippen MR) is 74.9 cm³/mol. The molecule has 0 unspecified atom stereocenters. The molecule has 0 atom stereocenters. The molecule has 2 aromatic rings. The maximum atomic E-state index is 8.11. The topological polar surface area (TPSA) is 23.9 Å². The minimum atomic E-state index is 0.591. The molecular formula is C16H19N. The van der Waals surface area contributed by atoms with Crippen LogP contribution in [0.4, 0.5) is 0 Å². The van der Waals surface area contributed by atoms with Crippen LogP contribution >= 0.6 is 0 Å². The molecule has 1 heteroatoms. The summed E-state index contributed by atoms with van der Waals surface area (Å²) in [5.74, 6) is 0. The molecule has 0 saturated carbocycles. The van der Waals surface area contributed by atoms with Gasteiger partial charge in [0.1, 0.15) is 0 Å². The third-order valence-electron chi connectivity index (χ3n) is 2.48. The predicted octanol–water partition coefficient (Wildman–Crippen LogP) is 4.44. The Hall–Kier alpha value is -1.89. The molecule has 0 bridgehead atoms. The van der Waals surface area contributed by atoms with E-state index in [1.54, 1.807) is 0 Å². The zero-order valence-electron chi connectivity index (χ0n) is 10.7. The molecular weight excluding hydrogens is 206 g/mol. The van der Waals surface area contributed by atoms with Crippen LogP contribution in [0, 0.1) is 12.3 Å². The van der Waals surface area contributed by atoms with Crippen LogP contribution in [0.1, 0.15) is 30.5 Å². The van der Waals surface area contributed by atoms with Gasteiger partial charge in [-0.3, -0.25) is 5.41 Å². The van der Waals surface area contributed by atoms with Crippen molar-refractivity contribution < 1.29 is 0 Å². The van der Waals surface area contributed by atoms with Crippen molar-refractivity contribution >= 4 is 5.71 Å². The Bertz CT molecular complexity index is 472. The highest BCUT2D eigenvalue weighted by Gasteiger charge is 2.05. The van der Waals surface area contributed by atoms with Crippen molar-refractivity contribution in [1.29, 1.82) is 5.41 Å². The second kappa shape index (κ2) is 6.64. The Morgan fingerprint density at radius 1 is 0.824 bits per heavy atom. The lowest BCUT2D eigenvalue weighted by Crippen LogP contribution is -2.02. The Kier molecular flexibility index (Phi) is 5.15. The Morgan fingerprint density at radius 2 is 1.35 bits per heavy atom. The molecule has 0 fully saturated rings.